The third kappa shape index (κ3) is 3.43. The van der Waals surface area contributed by atoms with Gasteiger partial charge in [-0.15, -0.1) is 0 Å². The molecule has 7 heteroatoms. The van der Waals surface area contributed by atoms with Gasteiger partial charge in [-0.25, -0.2) is 4.68 Å². The van der Waals surface area contributed by atoms with Gasteiger partial charge in [0.25, 0.3) is 5.91 Å². The molecule has 0 unspecified atom stereocenters. The van der Waals surface area contributed by atoms with Crippen molar-refractivity contribution in [2.45, 2.75) is 18.9 Å². The molecule has 1 fully saturated rings. The van der Waals surface area contributed by atoms with Gasteiger partial charge in [-0.2, -0.15) is 5.10 Å². The summed E-state index contributed by atoms with van der Waals surface area (Å²) in [6.45, 7) is 1.82. The maximum atomic E-state index is 12.3. The van der Waals surface area contributed by atoms with Crippen LogP contribution in [0, 0.1) is 0 Å². The first-order valence-corrected chi connectivity index (χ1v) is 7.91. The standard InChI is InChI=1S/C15H16Cl2N4O/c16-11-3-4-14(13(17)6-11)21-9-10(7-19-21)15(22)20-12-2-1-5-18-8-12/h3-4,6-7,9,12,18H,1-2,5,8H2,(H,20,22)/t12-/m0/s1. The maximum absolute atomic E-state index is 12.3. The molecule has 2 N–H and O–H groups in total. The highest BCUT2D eigenvalue weighted by atomic mass is 35.5. The molecule has 5 nitrogen and oxygen atoms in total. The Morgan fingerprint density at radius 2 is 2.27 bits per heavy atom. The SMILES string of the molecule is O=C(N[C@H]1CCCNC1)c1cnn(-c2ccc(Cl)cc2Cl)c1. The van der Waals surface area contributed by atoms with Gasteiger partial charge in [0.15, 0.2) is 0 Å². The molecule has 2 aromatic rings. The molecule has 0 radical (unpaired) electrons. The van der Waals surface area contributed by atoms with Crippen molar-refractivity contribution in [3.63, 3.8) is 0 Å². The lowest BCUT2D eigenvalue weighted by molar-refractivity contribution is 0.0930. The van der Waals surface area contributed by atoms with Crippen LogP contribution in [0.2, 0.25) is 10.0 Å². The molecule has 116 valence electrons. The largest absolute Gasteiger partial charge is 0.348 e. The predicted molar refractivity (Wildman–Crippen MR) is 86.9 cm³/mol. The minimum atomic E-state index is -0.120. The number of rotatable bonds is 3. The number of halogens is 2. The summed E-state index contributed by atoms with van der Waals surface area (Å²) in [5.74, 6) is -0.120. The fourth-order valence-corrected chi connectivity index (χ4v) is 2.98. The Labute approximate surface area is 138 Å². The zero-order valence-electron chi connectivity index (χ0n) is 11.9. The molecule has 1 amide bonds. The van der Waals surface area contributed by atoms with E-state index in [4.69, 9.17) is 23.2 Å². The lowest BCUT2D eigenvalue weighted by Crippen LogP contribution is -2.45. The van der Waals surface area contributed by atoms with Gasteiger partial charge < -0.3 is 10.6 Å². The second-order valence-electron chi connectivity index (χ2n) is 5.29. The molecule has 1 aromatic carbocycles. The minimum Gasteiger partial charge on any atom is -0.348 e. The summed E-state index contributed by atoms with van der Waals surface area (Å²) >= 11 is 12.0. The van der Waals surface area contributed by atoms with E-state index in [0.29, 0.717) is 21.3 Å². The van der Waals surface area contributed by atoms with Crippen molar-refractivity contribution in [2.24, 2.45) is 0 Å². The van der Waals surface area contributed by atoms with Gasteiger partial charge in [-0.05, 0) is 37.6 Å². The maximum Gasteiger partial charge on any atom is 0.254 e. The summed E-state index contributed by atoms with van der Waals surface area (Å²) in [4.78, 5) is 12.3. The highest BCUT2D eigenvalue weighted by Gasteiger charge is 2.17. The Kier molecular flexibility index (Phi) is 4.66. The van der Waals surface area contributed by atoms with Crippen molar-refractivity contribution >= 4 is 29.1 Å². The number of nitrogens with one attached hydrogen (secondary N) is 2. The van der Waals surface area contributed by atoms with Gasteiger partial charge in [0.05, 0.1) is 22.5 Å². The van der Waals surface area contributed by atoms with Gasteiger partial charge in [-0.3, -0.25) is 4.79 Å². The quantitative estimate of drug-likeness (QED) is 0.904. The number of carbonyl (C=O) groups excluding carboxylic acids is 1. The van der Waals surface area contributed by atoms with Crippen LogP contribution >= 0.6 is 23.2 Å². The summed E-state index contributed by atoms with van der Waals surface area (Å²) in [5.41, 5.74) is 1.20. The third-order valence-corrected chi connectivity index (χ3v) is 4.17. The normalized spacial score (nSPS) is 18.2. The summed E-state index contributed by atoms with van der Waals surface area (Å²) in [6, 6.07) is 5.32. The zero-order chi connectivity index (χ0) is 15.5. The predicted octanol–water partition coefficient (Wildman–Crippen LogP) is 2.66. The van der Waals surface area contributed by atoms with Crippen molar-refractivity contribution in [2.75, 3.05) is 13.1 Å². The number of benzene rings is 1. The van der Waals surface area contributed by atoms with Crippen molar-refractivity contribution in [1.29, 1.82) is 0 Å². The molecule has 0 aliphatic carbocycles. The highest BCUT2D eigenvalue weighted by Crippen LogP contribution is 2.24. The molecule has 1 saturated heterocycles. The molecular weight excluding hydrogens is 323 g/mol. The third-order valence-electron chi connectivity index (χ3n) is 3.63. The first kappa shape index (κ1) is 15.3. The lowest BCUT2D eigenvalue weighted by atomic mass is 10.1. The summed E-state index contributed by atoms with van der Waals surface area (Å²) in [6.07, 6.45) is 5.28. The van der Waals surface area contributed by atoms with E-state index in [1.807, 2.05) is 0 Å². The highest BCUT2D eigenvalue weighted by molar-refractivity contribution is 6.35. The van der Waals surface area contributed by atoms with Crippen LogP contribution in [0.15, 0.2) is 30.6 Å². The van der Waals surface area contributed by atoms with E-state index in [1.54, 1.807) is 29.1 Å². The topological polar surface area (TPSA) is 59.0 Å². The number of hydrogen-bond donors (Lipinski definition) is 2. The van der Waals surface area contributed by atoms with E-state index in [1.165, 1.54) is 6.20 Å². The van der Waals surface area contributed by atoms with E-state index in [9.17, 15) is 4.79 Å². The number of hydrogen-bond acceptors (Lipinski definition) is 3. The van der Waals surface area contributed by atoms with E-state index in [2.05, 4.69) is 15.7 Å². The number of carbonyl (C=O) groups is 1. The Morgan fingerprint density at radius 1 is 1.41 bits per heavy atom. The Bertz CT molecular complexity index is 680. The average Bonchev–Trinajstić information content (AvgIpc) is 2.98. The van der Waals surface area contributed by atoms with Gasteiger partial charge in [0.1, 0.15) is 0 Å². The fraction of sp³-hybridized carbons (Fsp3) is 0.333. The summed E-state index contributed by atoms with van der Waals surface area (Å²) < 4.78 is 1.58. The van der Waals surface area contributed by atoms with Crippen molar-refractivity contribution in [3.05, 3.63) is 46.2 Å². The van der Waals surface area contributed by atoms with E-state index < -0.39 is 0 Å². The molecule has 1 aromatic heterocycles. The van der Waals surface area contributed by atoms with Gasteiger partial charge in [0, 0.05) is 23.8 Å². The summed E-state index contributed by atoms with van der Waals surface area (Å²) in [7, 11) is 0. The molecule has 1 aliphatic rings. The smallest absolute Gasteiger partial charge is 0.254 e. The van der Waals surface area contributed by atoms with Crippen LogP contribution in [0.1, 0.15) is 23.2 Å². The van der Waals surface area contributed by atoms with Crippen LogP contribution in [0.25, 0.3) is 5.69 Å². The Hall–Kier alpha value is -1.56. The molecule has 1 atom stereocenters. The van der Waals surface area contributed by atoms with Crippen LogP contribution in [-0.2, 0) is 0 Å². The molecule has 0 bridgehead atoms. The zero-order valence-corrected chi connectivity index (χ0v) is 13.4. The first-order chi connectivity index (χ1) is 10.6. The van der Waals surface area contributed by atoms with Crippen LogP contribution in [0.5, 0.6) is 0 Å². The first-order valence-electron chi connectivity index (χ1n) is 7.15. The number of piperidine rings is 1. The number of amides is 1. The van der Waals surface area contributed by atoms with Crippen molar-refractivity contribution in [3.8, 4) is 5.69 Å². The molecular formula is C15H16Cl2N4O. The fourth-order valence-electron chi connectivity index (χ4n) is 2.48. The lowest BCUT2D eigenvalue weighted by Gasteiger charge is -2.23. The van der Waals surface area contributed by atoms with Crippen LogP contribution in [0.3, 0.4) is 0 Å². The van der Waals surface area contributed by atoms with E-state index in [0.717, 1.165) is 25.9 Å². The minimum absolute atomic E-state index is 0.120. The van der Waals surface area contributed by atoms with E-state index in [-0.39, 0.29) is 11.9 Å². The molecule has 3 rings (SSSR count). The average molecular weight is 339 g/mol. The van der Waals surface area contributed by atoms with Gasteiger partial charge in [-0.1, -0.05) is 23.2 Å². The molecule has 22 heavy (non-hydrogen) atoms. The monoisotopic (exact) mass is 338 g/mol. The van der Waals surface area contributed by atoms with Crippen molar-refractivity contribution < 1.29 is 4.79 Å². The van der Waals surface area contributed by atoms with Crippen LogP contribution in [0.4, 0.5) is 0 Å². The summed E-state index contributed by atoms with van der Waals surface area (Å²) in [5, 5.41) is 11.5. The van der Waals surface area contributed by atoms with E-state index >= 15 is 0 Å². The van der Waals surface area contributed by atoms with Crippen LogP contribution < -0.4 is 10.6 Å². The van der Waals surface area contributed by atoms with Crippen LogP contribution in [-0.4, -0.2) is 34.8 Å². The van der Waals surface area contributed by atoms with Crippen molar-refractivity contribution in [1.82, 2.24) is 20.4 Å². The molecule has 0 saturated carbocycles. The Balaban J connectivity index is 1.73. The Morgan fingerprint density at radius 3 is 3.00 bits per heavy atom. The van der Waals surface area contributed by atoms with Gasteiger partial charge >= 0.3 is 0 Å². The number of aromatic nitrogens is 2. The molecule has 0 spiro atoms. The second kappa shape index (κ2) is 6.69. The second-order valence-corrected chi connectivity index (χ2v) is 6.13. The molecule has 1 aliphatic heterocycles. The van der Waals surface area contributed by atoms with Gasteiger partial charge in [0.2, 0.25) is 0 Å². The molecule has 2 heterocycles. The number of nitrogens with zero attached hydrogens (tertiary/aromatic N) is 2.